The van der Waals surface area contributed by atoms with Gasteiger partial charge in [0.2, 0.25) is 11.8 Å². The monoisotopic (exact) mass is 472 g/mol. The fourth-order valence-corrected chi connectivity index (χ4v) is 5.06. The number of rotatable bonds is 8. The number of anilines is 1. The third-order valence-electron chi connectivity index (χ3n) is 5.82. The maximum Gasteiger partial charge on any atom is 0.234 e. The van der Waals surface area contributed by atoms with E-state index in [2.05, 4.69) is 20.9 Å². The van der Waals surface area contributed by atoms with Crippen LogP contribution in [0.2, 0.25) is 0 Å². The van der Waals surface area contributed by atoms with Crippen LogP contribution in [0.25, 0.3) is 0 Å². The first-order chi connectivity index (χ1) is 16.0. The summed E-state index contributed by atoms with van der Waals surface area (Å²) < 4.78 is 18.5. The minimum Gasteiger partial charge on any atom is -0.494 e. The van der Waals surface area contributed by atoms with E-state index in [9.17, 15) is 14.0 Å². The second kappa shape index (κ2) is 11.0. The van der Waals surface area contributed by atoms with Crippen molar-refractivity contribution in [1.82, 2.24) is 15.5 Å². The van der Waals surface area contributed by atoms with Crippen LogP contribution in [0, 0.1) is 11.7 Å². The van der Waals surface area contributed by atoms with Crippen LogP contribution in [-0.4, -0.2) is 53.7 Å². The summed E-state index contributed by atoms with van der Waals surface area (Å²) >= 11 is 1.37. The lowest BCUT2D eigenvalue weighted by atomic mass is 9.89. The van der Waals surface area contributed by atoms with E-state index in [0.717, 1.165) is 24.3 Å². The number of fused-ring (bicyclic) bond motifs is 1. The average Bonchev–Trinajstić information content (AvgIpc) is 2.81. The molecular weight excluding hydrogens is 443 g/mol. The second-order valence-corrected chi connectivity index (χ2v) is 9.33. The van der Waals surface area contributed by atoms with Gasteiger partial charge in [-0.25, -0.2) is 4.39 Å². The van der Waals surface area contributed by atoms with Crippen molar-refractivity contribution in [3.63, 3.8) is 0 Å². The highest BCUT2D eigenvalue weighted by molar-refractivity contribution is 8.00. The predicted molar refractivity (Wildman–Crippen MR) is 127 cm³/mol. The summed E-state index contributed by atoms with van der Waals surface area (Å²) in [5, 5.41) is 9.33. The van der Waals surface area contributed by atoms with E-state index in [-0.39, 0.29) is 40.8 Å². The van der Waals surface area contributed by atoms with Gasteiger partial charge in [-0.3, -0.25) is 19.8 Å². The molecule has 2 aromatic carbocycles. The standard InChI is InChI=1S/C24H29FN4O3S/c1-2-32-19-9-7-18(8-10-19)26-22(30)15-33-24-27-21-11-12-29(14-20(21)23(31)28-24)13-16-3-5-17(25)6-4-16/h3-10,20-21,24,27H,2,11-15H2,1H3,(H,26,30)(H,28,31). The Bertz CT molecular complexity index is 957. The largest absolute Gasteiger partial charge is 0.494 e. The molecule has 2 aliphatic rings. The van der Waals surface area contributed by atoms with Crippen LogP contribution in [0.5, 0.6) is 5.75 Å². The van der Waals surface area contributed by atoms with Gasteiger partial charge in [0.1, 0.15) is 17.1 Å². The van der Waals surface area contributed by atoms with E-state index in [4.69, 9.17) is 4.74 Å². The molecule has 0 spiro atoms. The third-order valence-corrected chi connectivity index (χ3v) is 6.84. The molecule has 0 radical (unpaired) electrons. The Hall–Kier alpha value is -2.62. The number of nitrogens with one attached hydrogen (secondary N) is 3. The van der Waals surface area contributed by atoms with Crippen LogP contribution < -0.4 is 20.7 Å². The van der Waals surface area contributed by atoms with E-state index in [1.165, 1.54) is 23.9 Å². The summed E-state index contributed by atoms with van der Waals surface area (Å²) in [7, 11) is 0. The molecule has 0 aromatic heterocycles. The average molecular weight is 473 g/mol. The van der Waals surface area contributed by atoms with Crippen molar-refractivity contribution in [2.24, 2.45) is 5.92 Å². The van der Waals surface area contributed by atoms with Crippen LogP contribution >= 0.6 is 11.8 Å². The summed E-state index contributed by atoms with van der Waals surface area (Å²) in [6.07, 6.45) is 0.842. The molecule has 3 atom stereocenters. The SMILES string of the molecule is CCOc1ccc(NC(=O)CSC2NC(=O)C3CN(Cc4ccc(F)cc4)CCC3N2)cc1. The molecule has 0 aliphatic carbocycles. The number of hydrogen-bond donors (Lipinski definition) is 3. The highest BCUT2D eigenvalue weighted by atomic mass is 32.2. The second-order valence-electron chi connectivity index (χ2n) is 8.24. The van der Waals surface area contributed by atoms with Gasteiger partial charge in [0, 0.05) is 31.4 Å². The fraction of sp³-hybridized carbons (Fsp3) is 0.417. The van der Waals surface area contributed by atoms with E-state index in [1.807, 2.05) is 19.1 Å². The smallest absolute Gasteiger partial charge is 0.234 e. The van der Waals surface area contributed by atoms with Crippen molar-refractivity contribution in [1.29, 1.82) is 0 Å². The number of piperidine rings is 1. The summed E-state index contributed by atoms with van der Waals surface area (Å²) in [5.74, 6) is 0.471. The third kappa shape index (κ3) is 6.46. The molecule has 2 aliphatic heterocycles. The number of benzene rings is 2. The first-order valence-corrected chi connectivity index (χ1v) is 12.2. The van der Waals surface area contributed by atoms with Gasteiger partial charge in [-0.05, 0) is 55.3 Å². The Morgan fingerprint density at radius 3 is 2.70 bits per heavy atom. The summed E-state index contributed by atoms with van der Waals surface area (Å²) in [6.45, 7) is 4.71. The maximum absolute atomic E-state index is 13.1. The molecule has 176 valence electrons. The molecule has 2 heterocycles. The first-order valence-electron chi connectivity index (χ1n) is 11.2. The quantitative estimate of drug-likeness (QED) is 0.548. The topological polar surface area (TPSA) is 82.7 Å². The van der Waals surface area contributed by atoms with Gasteiger partial charge >= 0.3 is 0 Å². The van der Waals surface area contributed by atoms with Crippen LogP contribution in [0.1, 0.15) is 18.9 Å². The van der Waals surface area contributed by atoms with Gasteiger partial charge in [0.05, 0.1) is 18.3 Å². The van der Waals surface area contributed by atoms with Crippen LogP contribution in [0.15, 0.2) is 48.5 Å². The van der Waals surface area contributed by atoms with Crippen molar-refractivity contribution < 1.29 is 18.7 Å². The molecule has 33 heavy (non-hydrogen) atoms. The molecule has 4 rings (SSSR count). The number of hydrogen-bond acceptors (Lipinski definition) is 6. The minimum absolute atomic E-state index is 0.00646. The summed E-state index contributed by atoms with van der Waals surface area (Å²) in [4.78, 5) is 27.3. The lowest BCUT2D eigenvalue weighted by Crippen LogP contribution is -2.64. The lowest BCUT2D eigenvalue weighted by molar-refractivity contribution is -0.130. The number of likely N-dealkylation sites (tertiary alicyclic amines) is 1. The highest BCUT2D eigenvalue weighted by Crippen LogP contribution is 2.25. The van der Waals surface area contributed by atoms with Crippen molar-refractivity contribution >= 4 is 29.3 Å². The van der Waals surface area contributed by atoms with Gasteiger partial charge in [-0.15, -0.1) is 11.8 Å². The first kappa shape index (κ1) is 23.5. The van der Waals surface area contributed by atoms with Gasteiger partial charge in [0.25, 0.3) is 0 Å². The van der Waals surface area contributed by atoms with Crippen molar-refractivity contribution in [2.75, 3.05) is 30.8 Å². The number of carbonyl (C=O) groups excluding carboxylic acids is 2. The fourth-order valence-electron chi connectivity index (χ4n) is 4.20. The summed E-state index contributed by atoms with van der Waals surface area (Å²) in [6, 6.07) is 13.8. The van der Waals surface area contributed by atoms with E-state index in [0.29, 0.717) is 25.4 Å². The van der Waals surface area contributed by atoms with Crippen LogP contribution in [0.3, 0.4) is 0 Å². The zero-order valence-electron chi connectivity index (χ0n) is 18.6. The van der Waals surface area contributed by atoms with Crippen molar-refractivity contribution in [3.05, 3.63) is 59.9 Å². The van der Waals surface area contributed by atoms with Crippen molar-refractivity contribution in [2.45, 2.75) is 31.4 Å². The molecule has 0 bridgehead atoms. The number of carbonyl (C=O) groups is 2. The van der Waals surface area contributed by atoms with Gasteiger partial charge in [-0.2, -0.15) is 0 Å². The number of thioether (sulfide) groups is 1. The number of amides is 2. The Morgan fingerprint density at radius 2 is 1.97 bits per heavy atom. The predicted octanol–water partition coefficient (Wildman–Crippen LogP) is 2.79. The molecule has 0 saturated carbocycles. The van der Waals surface area contributed by atoms with E-state index >= 15 is 0 Å². The van der Waals surface area contributed by atoms with E-state index in [1.54, 1.807) is 24.3 Å². The molecule has 2 fully saturated rings. The molecular formula is C24H29FN4O3S. The van der Waals surface area contributed by atoms with Gasteiger partial charge < -0.3 is 15.4 Å². The maximum atomic E-state index is 13.1. The van der Waals surface area contributed by atoms with Crippen LogP contribution in [0.4, 0.5) is 10.1 Å². The molecule has 7 nitrogen and oxygen atoms in total. The molecule has 2 saturated heterocycles. The minimum atomic E-state index is -0.298. The highest BCUT2D eigenvalue weighted by Gasteiger charge is 2.39. The zero-order valence-corrected chi connectivity index (χ0v) is 19.4. The summed E-state index contributed by atoms with van der Waals surface area (Å²) in [5.41, 5.74) is 1.44. The Morgan fingerprint density at radius 1 is 1.21 bits per heavy atom. The van der Waals surface area contributed by atoms with Crippen LogP contribution in [-0.2, 0) is 16.1 Å². The van der Waals surface area contributed by atoms with Crippen molar-refractivity contribution in [3.8, 4) is 5.75 Å². The molecule has 2 amide bonds. The molecule has 9 heteroatoms. The van der Waals surface area contributed by atoms with Gasteiger partial charge in [0.15, 0.2) is 0 Å². The zero-order chi connectivity index (χ0) is 23.2. The Labute approximate surface area is 197 Å². The molecule has 2 aromatic rings. The molecule has 3 N–H and O–H groups in total. The number of halogens is 1. The Balaban J connectivity index is 1.22. The molecule has 3 unspecified atom stereocenters. The number of nitrogens with zero attached hydrogens (tertiary/aromatic N) is 1. The normalized spacial score (nSPS) is 22.8. The van der Waals surface area contributed by atoms with Gasteiger partial charge in [-0.1, -0.05) is 12.1 Å². The Kier molecular flexibility index (Phi) is 7.85. The lowest BCUT2D eigenvalue weighted by Gasteiger charge is -2.43. The van der Waals surface area contributed by atoms with E-state index < -0.39 is 0 Å². The number of ether oxygens (including phenoxy) is 1.